The summed E-state index contributed by atoms with van der Waals surface area (Å²) in [6.45, 7) is 0. The summed E-state index contributed by atoms with van der Waals surface area (Å²) in [5.41, 5.74) is 8.72. The number of nitrogens with two attached hydrogens (primary N) is 1. The Kier molecular flexibility index (Phi) is 3.24. The maximum absolute atomic E-state index is 12.6. The number of ketones is 1. The van der Waals surface area contributed by atoms with E-state index in [0.717, 1.165) is 15.4 Å². The van der Waals surface area contributed by atoms with Gasteiger partial charge >= 0.3 is 0 Å². The van der Waals surface area contributed by atoms with Gasteiger partial charge in [0, 0.05) is 38.4 Å². The summed E-state index contributed by atoms with van der Waals surface area (Å²) in [7, 11) is 0. The highest BCUT2D eigenvalue weighted by molar-refractivity contribution is 9.10. The minimum absolute atomic E-state index is 0.129. The van der Waals surface area contributed by atoms with Crippen LogP contribution in [0.1, 0.15) is 21.5 Å². The lowest BCUT2D eigenvalue weighted by Crippen LogP contribution is -2.01. The number of rotatable bonds is 2. The molecule has 2 aromatic carbocycles. The molecule has 5 heteroatoms. The summed E-state index contributed by atoms with van der Waals surface area (Å²) < 4.78 is 0.754. The number of aromatic amines is 1. The van der Waals surface area contributed by atoms with Crippen LogP contribution in [0.2, 0.25) is 0 Å². The zero-order valence-electron chi connectivity index (χ0n) is 10.9. The number of nitrogen functional groups attached to an aromatic ring is 1. The van der Waals surface area contributed by atoms with Crippen molar-refractivity contribution in [3.63, 3.8) is 0 Å². The second-order valence-electron chi connectivity index (χ2n) is 4.64. The molecule has 1 heterocycles. The minimum Gasteiger partial charge on any atom is -0.398 e. The lowest BCUT2D eigenvalue weighted by molar-refractivity contribution is 0.104. The van der Waals surface area contributed by atoms with Crippen LogP contribution in [0.15, 0.2) is 47.1 Å². The quantitative estimate of drug-likeness (QED) is 0.552. The van der Waals surface area contributed by atoms with Crippen LogP contribution in [0, 0.1) is 11.3 Å². The van der Waals surface area contributed by atoms with Gasteiger partial charge in [-0.3, -0.25) is 4.79 Å². The van der Waals surface area contributed by atoms with Crippen molar-refractivity contribution >= 4 is 38.3 Å². The van der Waals surface area contributed by atoms with Crippen molar-refractivity contribution in [2.24, 2.45) is 0 Å². The van der Waals surface area contributed by atoms with Gasteiger partial charge in [-0.1, -0.05) is 0 Å². The number of hydrogen-bond donors (Lipinski definition) is 2. The topological polar surface area (TPSA) is 82.7 Å². The molecule has 4 nitrogen and oxygen atoms in total. The number of nitrogens with one attached hydrogen (secondary N) is 1. The SMILES string of the molecule is N#Cc1ccc2[nH]cc(C(=O)c3ccc(Br)c(N)c3)c2c1. The molecule has 0 aliphatic heterocycles. The number of nitrogens with zero attached hydrogens (tertiary/aromatic N) is 1. The second-order valence-corrected chi connectivity index (χ2v) is 5.49. The number of halogens is 1. The predicted octanol–water partition coefficient (Wildman–Crippen LogP) is 3.62. The molecule has 3 rings (SSSR count). The molecule has 0 amide bonds. The molecule has 0 aliphatic rings. The van der Waals surface area contributed by atoms with Gasteiger partial charge in [0.25, 0.3) is 0 Å². The largest absolute Gasteiger partial charge is 0.398 e. The van der Waals surface area contributed by atoms with E-state index in [1.165, 1.54) is 0 Å². The minimum atomic E-state index is -0.129. The number of aromatic nitrogens is 1. The van der Waals surface area contributed by atoms with Crippen LogP contribution in [0.4, 0.5) is 5.69 Å². The third kappa shape index (κ3) is 2.30. The van der Waals surface area contributed by atoms with Gasteiger partial charge < -0.3 is 10.7 Å². The number of carbonyl (C=O) groups is 1. The van der Waals surface area contributed by atoms with Gasteiger partial charge in [-0.25, -0.2) is 0 Å². The summed E-state index contributed by atoms with van der Waals surface area (Å²) in [6.07, 6.45) is 1.66. The van der Waals surface area contributed by atoms with Crippen LogP contribution in [0.5, 0.6) is 0 Å². The molecule has 3 N–H and O–H groups in total. The predicted molar refractivity (Wildman–Crippen MR) is 85.0 cm³/mol. The highest BCUT2D eigenvalue weighted by Crippen LogP contribution is 2.25. The first kappa shape index (κ1) is 13.4. The zero-order valence-corrected chi connectivity index (χ0v) is 12.4. The van der Waals surface area contributed by atoms with Gasteiger partial charge in [0.05, 0.1) is 11.6 Å². The van der Waals surface area contributed by atoms with E-state index in [4.69, 9.17) is 11.0 Å². The van der Waals surface area contributed by atoms with Crippen molar-refractivity contribution in [1.82, 2.24) is 4.98 Å². The van der Waals surface area contributed by atoms with E-state index in [2.05, 4.69) is 27.0 Å². The molecule has 0 aliphatic carbocycles. The van der Waals surface area contributed by atoms with E-state index in [1.54, 1.807) is 42.6 Å². The molecular weight excluding hydrogens is 330 g/mol. The maximum atomic E-state index is 12.6. The maximum Gasteiger partial charge on any atom is 0.195 e. The Bertz CT molecular complexity index is 906. The van der Waals surface area contributed by atoms with E-state index < -0.39 is 0 Å². The van der Waals surface area contributed by atoms with Gasteiger partial charge in [-0.2, -0.15) is 5.26 Å². The number of nitriles is 1. The Hall–Kier alpha value is -2.58. The molecule has 1 aromatic heterocycles. The fourth-order valence-corrected chi connectivity index (χ4v) is 2.47. The van der Waals surface area contributed by atoms with Crippen molar-refractivity contribution in [2.75, 3.05) is 5.73 Å². The molecule has 102 valence electrons. The number of hydrogen-bond acceptors (Lipinski definition) is 3. The Morgan fingerprint density at radius 2 is 2.05 bits per heavy atom. The summed E-state index contributed by atoms with van der Waals surface area (Å²) >= 11 is 3.31. The number of carbonyl (C=O) groups excluding carboxylic acids is 1. The molecule has 0 bridgehead atoms. The average Bonchev–Trinajstić information content (AvgIpc) is 2.92. The van der Waals surface area contributed by atoms with E-state index >= 15 is 0 Å². The Morgan fingerprint density at radius 3 is 2.76 bits per heavy atom. The Morgan fingerprint density at radius 1 is 1.24 bits per heavy atom. The van der Waals surface area contributed by atoms with Crippen molar-refractivity contribution in [2.45, 2.75) is 0 Å². The van der Waals surface area contributed by atoms with Gasteiger partial charge in [-0.05, 0) is 52.3 Å². The molecule has 0 spiro atoms. The molecule has 0 fully saturated rings. The van der Waals surface area contributed by atoms with E-state index in [-0.39, 0.29) is 5.78 Å². The van der Waals surface area contributed by atoms with Gasteiger partial charge in [0.2, 0.25) is 0 Å². The third-order valence-corrected chi connectivity index (χ3v) is 4.04. The molecule has 0 saturated carbocycles. The first-order chi connectivity index (χ1) is 10.1. The summed E-state index contributed by atoms with van der Waals surface area (Å²) in [6, 6.07) is 12.4. The van der Waals surface area contributed by atoms with Crippen LogP contribution in [0.3, 0.4) is 0 Å². The standard InChI is InChI=1S/C16H10BrN3O/c17-13-3-2-10(6-14(13)19)16(21)12-8-20-15-4-1-9(7-18)5-11(12)15/h1-6,8,20H,19H2. The fraction of sp³-hybridized carbons (Fsp3) is 0. The van der Waals surface area contributed by atoms with Crippen LogP contribution in [-0.4, -0.2) is 10.8 Å². The number of fused-ring (bicyclic) bond motifs is 1. The van der Waals surface area contributed by atoms with Crippen molar-refractivity contribution in [3.8, 4) is 6.07 Å². The Balaban J connectivity index is 2.13. The second kappa shape index (κ2) is 5.08. The van der Waals surface area contributed by atoms with Crippen molar-refractivity contribution in [1.29, 1.82) is 5.26 Å². The molecular formula is C16H10BrN3O. The van der Waals surface area contributed by atoms with E-state index in [0.29, 0.717) is 22.4 Å². The molecule has 0 saturated heterocycles. The lowest BCUT2D eigenvalue weighted by Gasteiger charge is -2.03. The first-order valence-corrected chi connectivity index (χ1v) is 7.00. The van der Waals surface area contributed by atoms with Gasteiger partial charge in [0.15, 0.2) is 5.78 Å². The summed E-state index contributed by atoms with van der Waals surface area (Å²) in [4.78, 5) is 15.7. The highest BCUT2D eigenvalue weighted by atomic mass is 79.9. The smallest absolute Gasteiger partial charge is 0.195 e. The van der Waals surface area contributed by atoms with Crippen LogP contribution in [-0.2, 0) is 0 Å². The van der Waals surface area contributed by atoms with Crippen LogP contribution in [0.25, 0.3) is 10.9 Å². The molecule has 0 unspecified atom stereocenters. The van der Waals surface area contributed by atoms with Crippen molar-refractivity contribution < 1.29 is 4.79 Å². The molecule has 0 atom stereocenters. The van der Waals surface area contributed by atoms with Gasteiger partial charge in [-0.15, -0.1) is 0 Å². The number of anilines is 1. The third-order valence-electron chi connectivity index (χ3n) is 3.31. The lowest BCUT2D eigenvalue weighted by atomic mass is 10.0. The fourth-order valence-electron chi connectivity index (χ4n) is 2.22. The first-order valence-electron chi connectivity index (χ1n) is 6.21. The van der Waals surface area contributed by atoms with Gasteiger partial charge in [0.1, 0.15) is 0 Å². The zero-order chi connectivity index (χ0) is 15.0. The van der Waals surface area contributed by atoms with Crippen molar-refractivity contribution in [3.05, 3.63) is 63.8 Å². The van der Waals surface area contributed by atoms with Crippen LogP contribution >= 0.6 is 15.9 Å². The number of benzene rings is 2. The normalized spacial score (nSPS) is 10.5. The summed E-state index contributed by atoms with van der Waals surface area (Å²) in [5, 5.41) is 9.72. The molecule has 3 aromatic rings. The molecule has 0 radical (unpaired) electrons. The monoisotopic (exact) mass is 339 g/mol. The molecule has 21 heavy (non-hydrogen) atoms. The summed E-state index contributed by atoms with van der Waals surface area (Å²) in [5.74, 6) is -0.129. The van der Waals surface area contributed by atoms with E-state index in [9.17, 15) is 4.79 Å². The highest BCUT2D eigenvalue weighted by Gasteiger charge is 2.15. The number of H-pyrrole nitrogens is 1. The Labute approximate surface area is 129 Å². The van der Waals surface area contributed by atoms with Crippen LogP contribution < -0.4 is 5.73 Å². The average molecular weight is 340 g/mol. The van der Waals surface area contributed by atoms with E-state index in [1.807, 2.05) is 0 Å².